The van der Waals surface area contributed by atoms with Crippen LogP contribution in [0.1, 0.15) is 12.1 Å². The zero-order valence-corrected chi connectivity index (χ0v) is 16.9. The van der Waals surface area contributed by atoms with Gasteiger partial charge in [0, 0.05) is 10.8 Å². The van der Waals surface area contributed by atoms with Crippen molar-refractivity contribution in [3.8, 4) is 22.8 Å². The van der Waals surface area contributed by atoms with E-state index < -0.39 is 24.3 Å². The van der Waals surface area contributed by atoms with Gasteiger partial charge < -0.3 is 24.1 Å². The monoisotopic (exact) mass is 444 g/mol. The van der Waals surface area contributed by atoms with Crippen LogP contribution in [0.15, 0.2) is 29.4 Å². The second-order valence-corrected chi connectivity index (χ2v) is 8.03. The lowest BCUT2D eigenvalue weighted by Gasteiger charge is -2.30. The number of ether oxygens (including phenoxy) is 4. The Morgan fingerprint density at radius 1 is 1.13 bits per heavy atom. The van der Waals surface area contributed by atoms with Gasteiger partial charge in [0.05, 0.1) is 32.6 Å². The Kier molecular flexibility index (Phi) is 5.80. The summed E-state index contributed by atoms with van der Waals surface area (Å²) < 4.78 is 61.8. The molecule has 30 heavy (non-hydrogen) atoms. The summed E-state index contributed by atoms with van der Waals surface area (Å²) in [4.78, 5) is 8.03. The maximum atomic E-state index is 13.5. The number of nitrogens with zero attached hydrogens (tertiary/aromatic N) is 2. The minimum Gasteiger partial charge on any atom is -0.493 e. The number of aromatic nitrogens is 2. The number of hydrogen-bond donors (Lipinski definition) is 1. The first-order valence-electron chi connectivity index (χ1n) is 9.09. The molecule has 0 unspecified atom stereocenters. The summed E-state index contributed by atoms with van der Waals surface area (Å²) in [7, 11) is 2.91. The van der Waals surface area contributed by atoms with Gasteiger partial charge in [0.1, 0.15) is 11.8 Å². The quantitative estimate of drug-likeness (QED) is 0.705. The Balaban J connectivity index is 1.70. The van der Waals surface area contributed by atoms with Crippen molar-refractivity contribution in [3.63, 3.8) is 0 Å². The van der Waals surface area contributed by atoms with E-state index in [4.69, 9.17) is 18.9 Å². The van der Waals surface area contributed by atoms with Gasteiger partial charge in [0.2, 0.25) is 0 Å². The van der Waals surface area contributed by atoms with Crippen molar-refractivity contribution in [2.24, 2.45) is 0 Å². The molecule has 2 bridgehead atoms. The van der Waals surface area contributed by atoms with Gasteiger partial charge in [-0.3, -0.25) is 0 Å². The third kappa shape index (κ3) is 4.20. The first-order valence-corrected chi connectivity index (χ1v) is 9.97. The van der Waals surface area contributed by atoms with Crippen molar-refractivity contribution in [3.05, 3.63) is 30.0 Å². The minimum atomic E-state index is -4.65. The Morgan fingerprint density at radius 3 is 2.60 bits per heavy atom. The van der Waals surface area contributed by atoms with Gasteiger partial charge in [-0.2, -0.15) is 13.2 Å². The van der Waals surface area contributed by atoms with E-state index in [2.05, 4.69) is 9.97 Å². The second kappa shape index (κ2) is 8.22. The van der Waals surface area contributed by atoms with E-state index in [1.165, 1.54) is 14.2 Å². The number of thioether (sulfide) groups is 1. The summed E-state index contributed by atoms with van der Waals surface area (Å²) >= 11 is 1.04. The van der Waals surface area contributed by atoms with Crippen LogP contribution in [0.3, 0.4) is 0 Å². The van der Waals surface area contributed by atoms with Gasteiger partial charge >= 0.3 is 6.18 Å². The lowest BCUT2D eigenvalue weighted by atomic mass is 10.1. The first-order chi connectivity index (χ1) is 14.3. The number of aliphatic hydroxyl groups excluding tert-OH is 1. The third-order valence-corrected chi connectivity index (χ3v) is 6.06. The van der Waals surface area contributed by atoms with Crippen LogP contribution in [0, 0.1) is 0 Å². The maximum absolute atomic E-state index is 13.5. The van der Waals surface area contributed by atoms with Gasteiger partial charge in [-0.25, -0.2) is 9.97 Å². The molecule has 2 fully saturated rings. The fourth-order valence-corrected chi connectivity index (χ4v) is 4.52. The van der Waals surface area contributed by atoms with E-state index in [1.54, 1.807) is 18.2 Å². The number of benzene rings is 1. The molecule has 1 aromatic heterocycles. The number of aliphatic hydroxyl groups is 1. The average Bonchev–Trinajstić information content (AvgIpc) is 3.17. The highest BCUT2D eigenvalue weighted by Crippen LogP contribution is 2.40. The Morgan fingerprint density at radius 2 is 1.90 bits per heavy atom. The summed E-state index contributed by atoms with van der Waals surface area (Å²) in [6.45, 7) is 0.265. The van der Waals surface area contributed by atoms with Gasteiger partial charge in [0.15, 0.2) is 22.9 Å². The summed E-state index contributed by atoms with van der Waals surface area (Å²) in [5.41, 5.74) is -0.534. The molecule has 0 radical (unpaired) electrons. The van der Waals surface area contributed by atoms with Gasteiger partial charge in [-0.15, -0.1) is 0 Å². The topological polar surface area (TPSA) is 82.9 Å². The fraction of sp³-hybridized carbons (Fsp3) is 0.474. The van der Waals surface area contributed by atoms with E-state index >= 15 is 0 Å². The van der Waals surface area contributed by atoms with Crippen molar-refractivity contribution < 1.29 is 37.2 Å². The van der Waals surface area contributed by atoms with Crippen LogP contribution in [-0.4, -0.2) is 59.6 Å². The first kappa shape index (κ1) is 21.2. The SMILES string of the molecule is COc1ccc(-c2cc(C(F)(F)F)nc(S[C@H]3C[C@H](O)[C@@H]4OC[C@H]3O4)n2)cc1OC. The molecule has 0 aliphatic carbocycles. The predicted molar refractivity (Wildman–Crippen MR) is 100 cm³/mol. The lowest BCUT2D eigenvalue weighted by Crippen LogP contribution is -2.40. The number of hydrogen-bond acceptors (Lipinski definition) is 8. The van der Waals surface area contributed by atoms with Crippen LogP contribution in [0.25, 0.3) is 11.3 Å². The van der Waals surface area contributed by atoms with Gasteiger partial charge in [0.25, 0.3) is 0 Å². The molecule has 11 heteroatoms. The standard InChI is InChI=1S/C19H19F3N2O5S/c1-26-12-4-3-9(5-13(12)27-2)10-6-16(19(20,21)22)24-18(23-10)30-15-7-11(25)17-28-8-14(15)29-17/h3-6,11,14-15,17,25H,7-8H2,1-2H3/t11-,14+,15-,17+/m0/s1. The van der Waals surface area contributed by atoms with Crippen LogP contribution >= 0.6 is 11.8 Å². The normalized spacial score (nSPS) is 25.9. The molecule has 2 saturated heterocycles. The molecule has 0 saturated carbocycles. The Hall–Kier alpha value is -2.08. The van der Waals surface area contributed by atoms with Crippen LogP contribution in [0.5, 0.6) is 11.5 Å². The van der Waals surface area contributed by atoms with Crippen molar-refractivity contribution in [2.75, 3.05) is 20.8 Å². The molecule has 4 atom stereocenters. The highest BCUT2D eigenvalue weighted by Gasteiger charge is 2.44. The summed E-state index contributed by atoms with van der Waals surface area (Å²) in [5.74, 6) is 0.819. The molecule has 7 nitrogen and oxygen atoms in total. The van der Waals surface area contributed by atoms with Gasteiger partial charge in [-0.05, 0) is 30.7 Å². The van der Waals surface area contributed by atoms with Crippen molar-refractivity contribution >= 4 is 11.8 Å². The van der Waals surface area contributed by atoms with Crippen LogP contribution in [0.4, 0.5) is 13.2 Å². The van der Waals surface area contributed by atoms with Crippen LogP contribution < -0.4 is 9.47 Å². The summed E-state index contributed by atoms with van der Waals surface area (Å²) in [5, 5.41) is 9.67. The van der Waals surface area contributed by atoms with Crippen molar-refractivity contribution in [1.82, 2.24) is 9.97 Å². The smallest absolute Gasteiger partial charge is 0.433 e. The molecule has 2 aromatic rings. The zero-order valence-electron chi connectivity index (χ0n) is 16.0. The number of halogens is 3. The maximum Gasteiger partial charge on any atom is 0.433 e. The number of alkyl halides is 3. The zero-order chi connectivity index (χ0) is 21.5. The molecular weight excluding hydrogens is 425 g/mol. The number of rotatable bonds is 5. The fourth-order valence-electron chi connectivity index (χ4n) is 3.36. The highest BCUT2D eigenvalue weighted by molar-refractivity contribution is 7.99. The van der Waals surface area contributed by atoms with Gasteiger partial charge in [-0.1, -0.05) is 11.8 Å². The van der Waals surface area contributed by atoms with Crippen molar-refractivity contribution in [1.29, 1.82) is 0 Å². The largest absolute Gasteiger partial charge is 0.493 e. The van der Waals surface area contributed by atoms with Crippen molar-refractivity contribution in [2.45, 2.75) is 41.5 Å². The molecule has 1 N–H and O–H groups in total. The van der Waals surface area contributed by atoms with E-state index in [-0.39, 0.29) is 28.8 Å². The van der Waals surface area contributed by atoms with E-state index in [0.29, 0.717) is 23.5 Å². The molecule has 1 aromatic carbocycles. The molecule has 2 aliphatic rings. The second-order valence-electron chi connectivity index (χ2n) is 6.82. The number of fused-ring (bicyclic) bond motifs is 2. The summed E-state index contributed by atoms with van der Waals surface area (Å²) in [6.07, 6.45) is -6.21. The molecule has 2 aliphatic heterocycles. The molecule has 0 spiro atoms. The van der Waals surface area contributed by atoms with Crippen LogP contribution in [0.2, 0.25) is 0 Å². The molecule has 0 amide bonds. The Bertz CT molecular complexity index is 930. The highest BCUT2D eigenvalue weighted by atomic mass is 32.2. The lowest BCUT2D eigenvalue weighted by molar-refractivity contribution is -0.150. The minimum absolute atomic E-state index is 0.0549. The molecular formula is C19H19F3N2O5S. The third-order valence-electron chi connectivity index (χ3n) is 4.87. The number of methoxy groups -OCH3 is 2. The summed E-state index contributed by atoms with van der Waals surface area (Å²) in [6, 6.07) is 5.64. The predicted octanol–water partition coefficient (Wildman–Crippen LogP) is 3.15. The van der Waals surface area contributed by atoms with E-state index in [1.807, 2.05) is 0 Å². The average molecular weight is 444 g/mol. The Labute approximate surface area is 174 Å². The van der Waals surface area contributed by atoms with Crippen LogP contribution in [-0.2, 0) is 15.7 Å². The van der Waals surface area contributed by atoms with E-state index in [9.17, 15) is 18.3 Å². The molecule has 162 valence electrons. The van der Waals surface area contributed by atoms with E-state index in [0.717, 1.165) is 17.8 Å². The molecule has 3 heterocycles. The molecule has 4 rings (SSSR count).